The summed E-state index contributed by atoms with van der Waals surface area (Å²) in [7, 11) is 0. The van der Waals surface area contributed by atoms with Gasteiger partial charge in [-0.15, -0.1) is 0 Å². The highest BCUT2D eigenvalue weighted by molar-refractivity contribution is 9.09. The van der Waals surface area contributed by atoms with Gasteiger partial charge in [0.05, 0.1) is 4.83 Å². The molecule has 0 heterocycles. The lowest BCUT2D eigenvalue weighted by Crippen LogP contribution is -2.19. The van der Waals surface area contributed by atoms with Crippen molar-refractivity contribution in [2.45, 2.75) is 30.4 Å². The number of ether oxygens (including phenoxy) is 2. The number of hydrogen-bond donors (Lipinski definition) is 0. The maximum atomic E-state index is 6.49. The van der Waals surface area contributed by atoms with E-state index in [1.807, 2.05) is 60.7 Å². The number of para-hydroxylation sites is 2. The second-order valence-corrected chi connectivity index (χ2v) is 8.49. The fourth-order valence-electron chi connectivity index (χ4n) is 2.96. The van der Waals surface area contributed by atoms with Gasteiger partial charge < -0.3 is 9.47 Å². The monoisotopic (exact) mass is 502 g/mol. The van der Waals surface area contributed by atoms with Gasteiger partial charge in [0, 0.05) is 5.33 Å². The van der Waals surface area contributed by atoms with E-state index in [-0.39, 0.29) is 10.9 Å². The molecule has 2 atom stereocenters. The first-order valence-electron chi connectivity index (χ1n) is 9.45. The second-order valence-electron chi connectivity index (χ2n) is 6.52. The zero-order valence-corrected chi connectivity index (χ0v) is 18.8. The lowest BCUT2D eigenvalue weighted by molar-refractivity contribution is 0.185. The van der Waals surface area contributed by atoms with Crippen molar-refractivity contribution in [1.29, 1.82) is 0 Å². The van der Waals surface area contributed by atoms with Crippen LogP contribution in [-0.2, 0) is 6.61 Å². The normalized spacial score (nSPS) is 12.9. The first-order chi connectivity index (χ1) is 13.8. The predicted molar refractivity (Wildman–Crippen MR) is 123 cm³/mol. The van der Waals surface area contributed by atoms with Crippen LogP contribution in [0.3, 0.4) is 0 Å². The van der Waals surface area contributed by atoms with Gasteiger partial charge in [-0.25, -0.2) is 0 Å². The van der Waals surface area contributed by atoms with E-state index in [1.54, 1.807) is 0 Å². The minimum absolute atomic E-state index is 0.0956. The summed E-state index contributed by atoms with van der Waals surface area (Å²) < 4.78 is 12.6. The topological polar surface area (TPSA) is 18.5 Å². The molecule has 3 aromatic rings. The minimum atomic E-state index is -0.0956. The molecule has 0 spiro atoms. The highest BCUT2D eigenvalue weighted by atomic mass is 79.9. The summed E-state index contributed by atoms with van der Waals surface area (Å²) in [5, 5.41) is 0.980. The summed E-state index contributed by atoms with van der Waals surface area (Å²) in [5.41, 5.74) is 2.28. The van der Waals surface area contributed by atoms with E-state index in [4.69, 9.17) is 9.47 Å². The average molecular weight is 504 g/mol. The Morgan fingerprint density at radius 2 is 1.36 bits per heavy atom. The molecule has 0 aliphatic rings. The average Bonchev–Trinajstić information content (AvgIpc) is 2.76. The standard InChI is InChI=1S/C24H24Br2O2/c25-17-9-14-21(26)24(20-12-5-2-6-13-20)28-23-16-8-7-15-22(23)27-18-19-10-3-1-4-11-19/h1-8,10-13,15-16,21,24H,9,14,17-18H2. The van der Waals surface area contributed by atoms with Crippen LogP contribution in [0.25, 0.3) is 0 Å². The van der Waals surface area contributed by atoms with E-state index in [1.165, 1.54) is 0 Å². The third-order valence-corrected chi connectivity index (χ3v) is 5.91. The molecule has 0 saturated heterocycles. The van der Waals surface area contributed by atoms with Crippen LogP contribution in [0.15, 0.2) is 84.9 Å². The summed E-state index contributed by atoms with van der Waals surface area (Å²) in [4.78, 5) is 0.203. The molecule has 4 heteroatoms. The van der Waals surface area contributed by atoms with Gasteiger partial charge in [0.15, 0.2) is 11.5 Å². The Labute approximate surface area is 184 Å². The summed E-state index contributed by atoms with van der Waals surface area (Å²) in [6, 6.07) is 28.4. The van der Waals surface area contributed by atoms with E-state index in [0.29, 0.717) is 6.61 Å². The molecule has 0 aromatic heterocycles. The minimum Gasteiger partial charge on any atom is -0.485 e. The fourth-order valence-corrected chi connectivity index (χ4v) is 4.02. The summed E-state index contributed by atoms with van der Waals surface area (Å²) in [6.45, 7) is 0.512. The largest absolute Gasteiger partial charge is 0.485 e. The molecule has 0 amide bonds. The molecule has 3 rings (SSSR count). The van der Waals surface area contributed by atoms with Gasteiger partial charge in [0.2, 0.25) is 0 Å². The zero-order chi connectivity index (χ0) is 19.6. The van der Waals surface area contributed by atoms with Crippen LogP contribution in [0.5, 0.6) is 11.5 Å². The molecule has 0 N–H and O–H groups in total. The molecule has 0 bridgehead atoms. The van der Waals surface area contributed by atoms with Crippen LogP contribution < -0.4 is 9.47 Å². The molecular formula is C24H24Br2O2. The van der Waals surface area contributed by atoms with Crippen molar-refractivity contribution in [1.82, 2.24) is 0 Å². The van der Waals surface area contributed by atoms with Gasteiger partial charge >= 0.3 is 0 Å². The zero-order valence-electron chi connectivity index (χ0n) is 15.6. The summed E-state index contributed by atoms with van der Waals surface area (Å²) in [6.07, 6.45) is 1.99. The second kappa shape index (κ2) is 11.3. The van der Waals surface area contributed by atoms with E-state index >= 15 is 0 Å². The summed E-state index contributed by atoms with van der Waals surface area (Å²) in [5.74, 6) is 1.52. The number of halogens is 2. The van der Waals surface area contributed by atoms with Crippen LogP contribution in [0, 0.1) is 0 Å². The molecule has 3 aromatic carbocycles. The smallest absolute Gasteiger partial charge is 0.162 e. The van der Waals surface area contributed by atoms with Gasteiger partial charge in [0.25, 0.3) is 0 Å². The molecule has 0 aliphatic carbocycles. The maximum Gasteiger partial charge on any atom is 0.162 e. The van der Waals surface area contributed by atoms with Crippen LogP contribution >= 0.6 is 31.9 Å². The van der Waals surface area contributed by atoms with E-state index in [2.05, 4.69) is 56.1 Å². The lowest BCUT2D eigenvalue weighted by atomic mass is 10.0. The van der Waals surface area contributed by atoms with E-state index in [9.17, 15) is 0 Å². The van der Waals surface area contributed by atoms with Gasteiger partial charge in [-0.2, -0.15) is 0 Å². The molecule has 146 valence electrons. The predicted octanol–water partition coefficient (Wildman–Crippen LogP) is 7.32. The third kappa shape index (κ3) is 6.11. The van der Waals surface area contributed by atoms with Crippen molar-refractivity contribution >= 4 is 31.9 Å². The van der Waals surface area contributed by atoms with Crippen molar-refractivity contribution in [3.05, 3.63) is 96.1 Å². The Hall–Kier alpha value is -1.78. The molecule has 0 radical (unpaired) electrons. The Bertz CT molecular complexity index is 824. The van der Waals surface area contributed by atoms with Gasteiger partial charge in [-0.1, -0.05) is 105 Å². The van der Waals surface area contributed by atoms with Crippen LogP contribution in [0.1, 0.15) is 30.1 Å². The Morgan fingerprint density at radius 3 is 2.04 bits per heavy atom. The maximum absolute atomic E-state index is 6.49. The lowest BCUT2D eigenvalue weighted by Gasteiger charge is -2.25. The summed E-state index contributed by atoms with van der Waals surface area (Å²) >= 11 is 7.38. The van der Waals surface area contributed by atoms with Crippen molar-refractivity contribution in [3.63, 3.8) is 0 Å². The highest BCUT2D eigenvalue weighted by Crippen LogP contribution is 2.36. The first-order valence-corrected chi connectivity index (χ1v) is 11.5. The molecular weight excluding hydrogens is 480 g/mol. The molecule has 2 unspecified atom stereocenters. The van der Waals surface area contributed by atoms with Crippen molar-refractivity contribution in [2.24, 2.45) is 0 Å². The van der Waals surface area contributed by atoms with Gasteiger partial charge in [-0.3, -0.25) is 0 Å². The number of hydrogen-bond acceptors (Lipinski definition) is 2. The number of benzene rings is 3. The molecule has 0 fully saturated rings. The Kier molecular flexibility index (Phi) is 8.43. The Balaban J connectivity index is 1.78. The van der Waals surface area contributed by atoms with E-state index < -0.39 is 0 Å². The molecule has 0 saturated carbocycles. The SMILES string of the molecule is BrCCCC(Br)C(Oc1ccccc1OCc1ccccc1)c1ccccc1. The molecule has 0 aliphatic heterocycles. The van der Waals surface area contributed by atoms with Crippen molar-refractivity contribution < 1.29 is 9.47 Å². The number of alkyl halides is 2. The third-order valence-electron chi connectivity index (χ3n) is 4.41. The highest BCUT2D eigenvalue weighted by Gasteiger charge is 2.23. The number of rotatable bonds is 10. The van der Waals surface area contributed by atoms with Crippen molar-refractivity contribution in [2.75, 3.05) is 5.33 Å². The quantitative estimate of drug-likeness (QED) is 0.270. The van der Waals surface area contributed by atoms with Crippen LogP contribution in [0.2, 0.25) is 0 Å². The Morgan fingerprint density at radius 1 is 0.750 bits per heavy atom. The van der Waals surface area contributed by atoms with Crippen LogP contribution in [0.4, 0.5) is 0 Å². The van der Waals surface area contributed by atoms with Crippen LogP contribution in [-0.4, -0.2) is 10.2 Å². The first kappa shape index (κ1) is 20.9. The van der Waals surface area contributed by atoms with Gasteiger partial charge in [-0.05, 0) is 36.1 Å². The van der Waals surface area contributed by atoms with E-state index in [0.717, 1.165) is 40.8 Å². The van der Waals surface area contributed by atoms with Crippen molar-refractivity contribution in [3.8, 4) is 11.5 Å². The molecule has 2 nitrogen and oxygen atoms in total. The fraction of sp³-hybridized carbons (Fsp3) is 0.250. The van der Waals surface area contributed by atoms with Gasteiger partial charge in [0.1, 0.15) is 12.7 Å². The molecule has 28 heavy (non-hydrogen) atoms.